The topological polar surface area (TPSA) is 41.7 Å². The quantitative estimate of drug-likeness (QED) is 0.741. The molecule has 0 aromatic heterocycles. The molecule has 0 bridgehead atoms. The maximum atomic E-state index is 6.11. The molecule has 0 unspecified atom stereocenters. The van der Waals surface area contributed by atoms with E-state index in [0.717, 1.165) is 37.6 Å². The number of hydrogen-bond donors (Lipinski definition) is 1. The van der Waals surface area contributed by atoms with Gasteiger partial charge >= 0.3 is 0 Å². The number of anilines is 1. The van der Waals surface area contributed by atoms with E-state index in [4.69, 9.17) is 10.5 Å². The van der Waals surface area contributed by atoms with Gasteiger partial charge in [-0.15, -0.1) is 0 Å². The van der Waals surface area contributed by atoms with Gasteiger partial charge in [-0.05, 0) is 31.6 Å². The Bertz CT molecular complexity index is 405. The fourth-order valence-corrected chi connectivity index (χ4v) is 2.18. The lowest BCUT2D eigenvalue weighted by Gasteiger charge is -2.26. The van der Waals surface area contributed by atoms with E-state index in [1.807, 2.05) is 12.1 Å². The summed E-state index contributed by atoms with van der Waals surface area (Å²) in [6.07, 6.45) is 0. The summed E-state index contributed by atoms with van der Waals surface area (Å²) in [6.45, 7) is 8.58. The van der Waals surface area contributed by atoms with E-state index < -0.39 is 0 Å². The standard InChI is InChI=1S/C16H29N3O/c1-13(2)11-19(9-8-18(3)4)12-14-6-7-15(20-5)10-16(14)17/h6-7,10,13H,8-9,11-12,17H2,1-5H3. The van der Waals surface area contributed by atoms with Gasteiger partial charge in [0.15, 0.2) is 0 Å². The molecule has 0 radical (unpaired) electrons. The van der Waals surface area contributed by atoms with Gasteiger partial charge in [-0.3, -0.25) is 4.90 Å². The first-order valence-corrected chi connectivity index (χ1v) is 7.21. The fraction of sp³-hybridized carbons (Fsp3) is 0.625. The van der Waals surface area contributed by atoms with Crippen LogP contribution in [0.15, 0.2) is 18.2 Å². The maximum absolute atomic E-state index is 6.11. The Kier molecular flexibility index (Phi) is 6.82. The van der Waals surface area contributed by atoms with E-state index in [2.05, 4.69) is 43.8 Å². The first kappa shape index (κ1) is 16.8. The number of methoxy groups -OCH3 is 1. The Morgan fingerprint density at radius 2 is 1.90 bits per heavy atom. The molecule has 0 aliphatic heterocycles. The Morgan fingerprint density at radius 1 is 1.20 bits per heavy atom. The minimum absolute atomic E-state index is 0.650. The van der Waals surface area contributed by atoms with E-state index in [-0.39, 0.29) is 0 Å². The molecule has 0 aliphatic rings. The zero-order chi connectivity index (χ0) is 15.1. The second kappa shape index (κ2) is 8.12. The zero-order valence-electron chi connectivity index (χ0n) is 13.5. The van der Waals surface area contributed by atoms with Crippen LogP contribution in [-0.2, 0) is 6.54 Å². The van der Waals surface area contributed by atoms with Crippen molar-refractivity contribution in [2.75, 3.05) is 46.6 Å². The van der Waals surface area contributed by atoms with E-state index in [0.29, 0.717) is 5.92 Å². The lowest BCUT2D eigenvalue weighted by Crippen LogP contribution is -2.34. The number of ether oxygens (including phenoxy) is 1. The van der Waals surface area contributed by atoms with Gasteiger partial charge in [0.2, 0.25) is 0 Å². The summed E-state index contributed by atoms with van der Waals surface area (Å²) in [5.41, 5.74) is 8.09. The lowest BCUT2D eigenvalue weighted by molar-refractivity contribution is 0.212. The molecule has 1 aromatic rings. The third-order valence-corrected chi connectivity index (χ3v) is 3.23. The van der Waals surface area contributed by atoms with Gasteiger partial charge in [-0.2, -0.15) is 0 Å². The number of nitrogens with zero attached hydrogens (tertiary/aromatic N) is 2. The smallest absolute Gasteiger partial charge is 0.120 e. The van der Waals surface area contributed by atoms with Gasteiger partial charge in [0.1, 0.15) is 5.75 Å². The summed E-state index contributed by atoms with van der Waals surface area (Å²) >= 11 is 0. The number of hydrogen-bond acceptors (Lipinski definition) is 4. The third kappa shape index (κ3) is 5.80. The van der Waals surface area contributed by atoms with E-state index in [1.165, 1.54) is 5.56 Å². The molecular formula is C16H29N3O. The SMILES string of the molecule is COc1ccc(CN(CCN(C)C)CC(C)C)c(N)c1. The number of benzene rings is 1. The minimum Gasteiger partial charge on any atom is -0.497 e. The summed E-state index contributed by atoms with van der Waals surface area (Å²) in [4.78, 5) is 4.67. The normalized spacial score (nSPS) is 11.6. The van der Waals surface area contributed by atoms with Crippen LogP contribution in [0.3, 0.4) is 0 Å². The Morgan fingerprint density at radius 3 is 2.40 bits per heavy atom. The maximum Gasteiger partial charge on any atom is 0.120 e. The van der Waals surface area contributed by atoms with E-state index in [1.54, 1.807) is 7.11 Å². The molecule has 20 heavy (non-hydrogen) atoms. The molecule has 1 rings (SSSR count). The molecule has 1 aromatic carbocycles. The van der Waals surface area contributed by atoms with Crippen molar-refractivity contribution in [2.24, 2.45) is 5.92 Å². The summed E-state index contributed by atoms with van der Waals surface area (Å²) in [6, 6.07) is 5.94. The van der Waals surface area contributed by atoms with Crippen LogP contribution in [0.2, 0.25) is 0 Å². The average molecular weight is 279 g/mol. The summed E-state index contributed by atoms with van der Waals surface area (Å²) in [5.74, 6) is 1.46. The molecule has 114 valence electrons. The third-order valence-electron chi connectivity index (χ3n) is 3.23. The highest BCUT2D eigenvalue weighted by molar-refractivity contribution is 5.51. The molecule has 0 saturated carbocycles. The molecule has 0 aliphatic carbocycles. The van der Waals surface area contributed by atoms with Gasteiger partial charge in [0, 0.05) is 37.9 Å². The molecule has 0 saturated heterocycles. The molecule has 2 N–H and O–H groups in total. The van der Waals surface area contributed by atoms with Crippen LogP contribution in [0.1, 0.15) is 19.4 Å². The fourth-order valence-electron chi connectivity index (χ4n) is 2.18. The van der Waals surface area contributed by atoms with Crippen molar-refractivity contribution in [2.45, 2.75) is 20.4 Å². The van der Waals surface area contributed by atoms with Gasteiger partial charge < -0.3 is 15.4 Å². The number of likely N-dealkylation sites (N-methyl/N-ethyl adjacent to an activating group) is 1. The first-order chi connectivity index (χ1) is 9.42. The van der Waals surface area contributed by atoms with Crippen LogP contribution in [0.25, 0.3) is 0 Å². The summed E-state index contributed by atoms with van der Waals surface area (Å²) in [7, 11) is 5.88. The van der Waals surface area contributed by atoms with Gasteiger partial charge in [-0.1, -0.05) is 19.9 Å². The second-order valence-electron chi connectivity index (χ2n) is 6.00. The monoisotopic (exact) mass is 279 g/mol. The van der Waals surface area contributed by atoms with Gasteiger partial charge in [0.05, 0.1) is 7.11 Å². The van der Waals surface area contributed by atoms with Crippen LogP contribution in [-0.4, -0.2) is 50.6 Å². The van der Waals surface area contributed by atoms with Crippen molar-refractivity contribution in [3.63, 3.8) is 0 Å². The average Bonchev–Trinajstić information content (AvgIpc) is 2.37. The van der Waals surface area contributed by atoms with Gasteiger partial charge in [-0.25, -0.2) is 0 Å². The van der Waals surface area contributed by atoms with E-state index >= 15 is 0 Å². The van der Waals surface area contributed by atoms with Crippen LogP contribution in [0, 0.1) is 5.92 Å². The predicted molar refractivity (Wildman–Crippen MR) is 86.1 cm³/mol. The highest BCUT2D eigenvalue weighted by atomic mass is 16.5. The summed E-state index contributed by atoms with van der Waals surface area (Å²) in [5, 5.41) is 0. The predicted octanol–water partition coefficient (Wildman–Crippen LogP) is 2.30. The van der Waals surface area contributed by atoms with Gasteiger partial charge in [0.25, 0.3) is 0 Å². The van der Waals surface area contributed by atoms with Crippen LogP contribution in [0.4, 0.5) is 5.69 Å². The molecule has 0 atom stereocenters. The molecule has 0 amide bonds. The largest absolute Gasteiger partial charge is 0.497 e. The molecular weight excluding hydrogens is 250 g/mol. The second-order valence-corrected chi connectivity index (χ2v) is 6.00. The van der Waals surface area contributed by atoms with Crippen LogP contribution < -0.4 is 10.5 Å². The van der Waals surface area contributed by atoms with Crippen molar-refractivity contribution in [3.05, 3.63) is 23.8 Å². The van der Waals surface area contributed by atoms with Crippen molar-refractivity contribution >= 4 is 5.69 Å². The van der Waals surface area contributed by atoms with Crippen molar-refractivity contribution in [3.8, 4) is 5.75 Å². The van der Waals surface area contributed by atoms with E-state index in [9.17, 15) is 0 Å². The highest BCUT2D eigenvalue weighted by Gasteiger charge is 2.11. The zero-order valence-corrected chi connectivity index (χ0v) is 13.5. The number of nitrogen functional groups attached to an aromatic ring is 1. The van der Waals surface area contributed by atoms with Crippen LogP contribution >= 0.6 is 0 Å². The van der Waals surface area contributed by atoms with Crippen molar-refractivity contribution in [1.29, 1.82) is 0 Å². The number of nitrogens with two attached hydrogens (primary N) is 1. The van der Waals surface area contributed by atoms with Crippen molar-refractivity contribution < 1.29 is 4.74 Å². The van der Waals surface area contributed by atoms with Crippen LogP contribution in [0.5, 0.6) is 5.75 Å². The van der Waals surface area contributed by atoms with Crippen molar-refractivity contribution in [1.82, 2.24) is 9.80 Å². The molecule has 4 nitrogen and oxygen atoms in total. The molecule has 0 heterocycles. The summed E-state index contributed by atoms with van der Waals surface area (Å²) < 4.78 is 5.20. The molecule has 0 spiro atoms. The number of rotatable bonds is 8. The Hall–Kier alpha value is -1.26. The highest BCUT2D eigenvalue weighted by Crippen LogP contribution is 2.21. The molecule has 0 fully saturated rings. The first-order valence-electron chi connectivity index (χ1n) is 7.21. The Balaban J connectivity index is 2.72. The Labute approximate surface area is 123 Å². The molecule has 4 heteroatoms. The minimum atomic E-state index is 0.650. The lowest BCUT2D eigenvalue weighted by atomic mass is 10.1.